The summed E-state index contributed by atoms with van der Waals surface area (Å²) in [5.74, 6) is -2.01. The van der Waals surface area contributed by atoms with Gasteiger partial charge in [0.05, 0.1) is 11.4 Å². The van der Waals surface area contributed by atoms with E-state index >= 15 is 0 Å². The standard InChI is InChI=1S/C16H10F3N3OS/c17-16(18,19)15(23)21-11-5-3-4-10(8-11)13-9-24-14(22-13)12-6-1-2-7-20-12/h1-9H,(H,21,23). The van der Waals surface area contributed by atoms with Crippen LogP contribution >= 0.6 is 11.3 Å². The topological polar surface area (TPSA) is 54.9 Å². The highest BCUT2D eigenvalue weighted by molar-refractivity contribution is 7.13. The predicted molar refractivity (Wildman–Crippen MR) is 85.5 cm³/mol. The Labute approximate surface area is 139 Å². The summed E-state index contributed by atoms with van der Waals surface area (Å²) in [5.41, 5.74) is 1.98. The van der Waals surface area contributed by atoms with Crippen molar-refractivity contribution < 1.29 is 18.0 Å². The van der Waals surface area contributed by atoms with Crippen LogP contribution in [-0.4, -0.2) is 22.1 Å². The summed E-state index contributed by atoms with van der Waals surface area (Å²) < 4.78 is 37.0. The first-order valence-electron chi connectivity index (χ1n) is 6.79. The van der Waals surface area contributed by atoms with Gasteiger partial charge in [-0.05, 0) is 24.3 Å². The zero-order chi connectivity index (χ0) is 17.2. The van der Waals surface area contributed by atoms with Crippen LogP contribution in [0.15, 0.2) is 54.0 Å². The van der Waals surface area contributed by atoms with Crippen LogP contribution in [0.4, 0.5) is 18.9 Å². The second-order valence-corrected chi connectivity index (χ2v) is 5.64. The molecule has 0 saturated carbocycles. The van der Waals surface area contributed by atoms with Crippen molar-refractivity contribution in [1.82, 2.24) is 9.97 Å². The van der Waals surface area contributed by atoms with Gasteiger partial charge in [0, 0.05) is 22.8 Å². The van der Waals surface area contributed by atoms with Gasteiger partial charge in [0.25, 0.3) is 0 Å². The molecule has 8 heteroatoms. The third-order valence-corrected chi connectivity index (χ3v) is 3.93. The van der Waals surface area contributed by atoms with Gasteiger partial charge < -0.3 is 5.32 Å². The first-order valence-corrected chi connectivity index (χ1v) is 7.67. The minimum absolute atomic E-state index is 0.0576. The molecule has 0 aliphatic heterocycles. The molecule has 3 aromatic rings. The molecule has 2 aromatic heterocycles. The fourth-order valence-corrected chi connectivity index (χ4v) is 2.78. The van der Waals surface area contributed by atoms with Crippen LogP contribution in [0.1, 0.15) is 0 Å². The lowest BCUT2D eigenvalue weighted by Gasteiger charge is -2.08. The largest absolute Gasteiger partial charge is 0.471 e. The molecule has 0 saturated heterocycles. The molecule has 0 aliphatic carbocycles. The van der Waals surface area contributed by atoms with E-state index in [1.165, 1.54) is 23.5 Å². The van der Waals surface area contributed by atoms with Crippen LogP contribution in [0.2, 0.25) is 0 Å². The molecule has 122 valence electrons. The Hall–Kier alpha value is -2.74. The number of benzene rings is 1. The Bertz CT molecular complexity index is 862. The van der Waals surface area contributed by atoms with Crippen LogP contribution in [0, 0.1) is 0 Å². The number of hydrogen-bond acceptors (Lipinski definition) is 4. The highest BCUT2D eigenvalue weighted by atomic mass is 32.1. The molecular formula is C16H10F3N3OS. The second kappa shape index (κ2) is 6.40. The Morgan fingerprint density at radius 2 is 1.92 bits per heavy atom. The maximum Gasteiger partial charge on any atom is 0.471 e. The number of nitrogens with zero attached hydrogens (tertiary/aromatic N) is 2. The summed E-state index contributed by atoms with van der Waals surface area (Å²) >= 11 is 1.38. The minimum atomic E-state index is -4.93. The highest BCUT2D eigenvalue weighted by Gasteiger charge is 2.38. The molecule has 1 aromatic carbocycles. The lowest BCUT2D eigenvalue weighted by molar-refractivity contribution is -0.167. The van der Waals surface area contributed by atoms with Gasteiger partial charge in [-0.15, -0.1) is 11.3 Å². The number of halogens is 3. The van der Waals surface area contributed by atoms with Gasteiger partial charge in [0.1, 0.15) is 5.01 Å². The van der Waals surface area contributed by atoms with Crippen molar-refractivity contribution in [3.05, 3.63) is 54.0 Å². The molecule has 4 nitrogen and oxygen atoms in total. The number of hydrogen-bond donors (Lipinski definition) is 1. The molecule has 0 unspecified atom stereocenters. The number of thiazole rings is 1. The average Bonchev–Trinajstić information content (AvgIpc) is 3.05. The number of pyridine rings is 1. The summed E-state index contributed by atoms with van der Waals surface area (Å²) in [7, 11) is 0. The van der Waals surface area contributed by atoms with Crippen molar-refractivity contribution >= 4 is 22.9 Å². The van der Waals surface area contributed by atoms with Crippen molar-refractivity contribution in [2.45, 2.75) is 6.18 Å². The first kappa shape index (κ1) is 16.1. The van der Waals surface area contributed by atoms with Gasteiger partial charge >= 0.3 is 12.1 Å². The number of alkyl halides is 3. The van der Waals surface area contributed by atoms with E-state index in [4.69, 9.17) is 0 Å². The summed E-state index contributed by atoms with van der Waals surface area (Å²) in [4.78, 5) is 19.7. The van der Waals surface area contributed by atoms with Gasteiger partial charge in [-0.3, -0.25) is 9.78 Å². The fraction of sp³-hybridized carbons (Fsp3) is 0.0625. The summed E-state index contributed by atoms with van der Waals surface area (Å²) in [6.07, 6.45) is -3.27. The van der Waals surface area contributed by atoms with E-state index in [1.807, 2.05) is 17.4 Å². The van der Waals surface area contributed by atoms with Crippen molar-refractivity contribution in [2.75, 3.05) is 5.32 Å². The van der Waals surface area contributed by atoms with E-state index in [-0.39, 0.29) is 5.69 Å². The van der Waals surface area contributed by atoms with Gasteiger partial charge in [-0.2, -0.15) is 13.2 Å². The zero-order valence-corrected chi connectivity index (χ0v) is 12.9. The lowest BCUT2D eigenvalue weighted by Crippen LogP contribution is -2.29. The summed E-state index contributed by atoms with van der Waals surface area (Å²) in [6, 6.07) is 11.6. The molecule has 2 heterocycles. The van der Waals surface area contributed by atoms with E-state index in [2.05, 4.69) is 9.97 Å². The molecule has 0 atom stereocenters. The Morgan fingerprint density at radius 1 is 1.08 bits per heavy atom. The summed E-state index contributed by atoms with van der Waals surface area (Å²) in [6.45, 7) is 0. The van der Waals surface area contributed by atoms with E-state index in [0.717, 1.165) is 5.69 Å². The Morgan fingerprint density at radius 3 is 2.62 bits per heavy atom. The lowest BCUT2D eigenvalue weighted by atomic mass is 10.1. The van der Waals surface area contributed by atoms with Crippen LogP contribution in [0.25, 0.3) is 22.0 Å². The fourth-order valence-electron chi connectivity index (χ4n) is 1.97. The van der Waals surface area contributed by atoms with Gasteiger partial charge in [0.15, 0.2) is 0 Å². The van der Waals surface area contributed by atoms with Gasteiger partial charge in [-0.25, -0.2) is 4.98 Å². The number of amides is 1. The van der Waals surface area contributed by atoms with E-state index < -0.39 is 12.1 Å². The zero-order valence-electron chi connectivity index (χ0n) is 12.0. The molecular weight excluding hydrogens is 339 g/mol. The maximum atomic E-state index is 12.3. The van der Waals surface area contributed by atoms with Gasteiger partial charge in [-0.1, -0.05) is 18.2 Å². The van der Waals surface area contributed by atoms with Gasteiger partial charge in [0.2, 0.25) is 0 Å². The van der Waals surface area contributed by atoms with Crippen molar-refractivity contribution in [2.24, 2.45) is 0 Å². The monoisotopic (exact) mass is 349 g/mol. The molecule has 0 bridgehead atoms. The normalized spacial score (nSPS) is 11.3. The molecule has 0 radical (unpaired) electrons. The van der Waals surface area contributed by atoms with Crippen LogP contribution < -0.4 is 5.32 Å². The molecule has 3 rings (SSSR count). The molecule has 0 spiro atoms. The SMILES string of the molecule is O=C(Nc1cccc(-c2csc(-c3ccccn3)n2)c1)C(F)(F)F. The quantitative estimate of drug-likeness (QED) is 0.764. The number of carbonyl (C=O) groups excluding carboxylic acids is 1. The molecule has 1 amide bonds. The van der Waals surface area contributed by atoms with Crippen molar-refractivity contribution in [3.63, 3.8) is 0 Å². The average molecular weight is 349 g/mol. The minimum Gasteiger partial charge on any atom is -0.318 e. The predicted octanol–water partition coefficient (Wildman–Crippen LogP) is 4.37. The Kier molecular flexibility index (Phi) is 4.30. The van der Waals surface area contributed by atoms with Crippen LogP contribution in [0.3, 0.4) is 0 Å². The third kappa shape index (κ3) is 3.60. The molecule has 0 aliphatic rings. The molecule has 24 heavy (non-hydrogen) atoms. The number of aromatic nitrogens is 2. The van der Waals surface area contributed by atoms with Crippen molar-refractivity contribution in [1.29, 1.82) is 0 Å². The van der Waals surface area contributed by atoms with E-state index in [1.54, 1.807) is 29.8 Å². The molecule has 0 fully saturated rings. The van der Waals surface area contributed by atoms with E-state index in [0.29, 0.717) is 16.3 Å². The number of anilines is 1. The van der Waals surface area contributed by atoms with E-state index in [9.17, 15) is 18.0 Å². The smallest absolute Gasteiger partial charge is 0.318 e. The summed E-state index contributed by atoms with van der Waals surface area (Å²) in [5, 5.41) is 4.32. The van der Waals surface area contributed by atoms with Crippen LogP contribution in [-0.2, 0) is 4.79 Å². The third-order valence-electron chi connectivity index (χ3n) is 3.06. The highest BCUT2D eigenvalue weighted by Crippen LogP contribution is 2.29. The Balaban J connectivity index is 1.85. The number of nitrogens with one attached hydrogen (secondary N) is 1. The number of rotatable bonds is 3. The second-order valence-electron chi connectivity index (χ2n) is 4.79. The number of carbonyl (C=O) groups is 1. The van der Waals surface area contributed by atoms with Crippen LogP contribution in [0.5, 0.6) is 0 Å². The maximum absolute atomic E-state index is 12.3. The first-order chi connectivity index (χ1) is 11.4. The molecule has 1 N–H and O–H groups in total. The van der Waals surface area contributed by atoms with Crippen molar-refractivity contribution in [3.8, 4) is 22.0 Å².